The quantitative estimate of drug-likeness (QED) is 0.320. The lowest BCUT2D eigenvalue weighted by molar-refractivity contribution is 0.0730. The number of ether oxygens (including phenoxy) is 1. The van der Waals surface area contributed by atoms with Gasteiger partial charge in [-0.3, -0.25) is 0 Å². The number of imidazole rings is 1. The maximum absolute atomic E-state index is 13.2. The Labute approximate surface area is 206 Å². The number of hydrogen-bond donors (Lipinski definition) is 3. The van der Waals surface area contributed by atoms with Crippen molar-refractivity contribution in [2.75, 3.05) is 31.6 Å². The van der Waals surface area contributed by atoms with E-state index in [9.17, 15) is 13.5 Å². The lowest BCUT2D eigenvalue weighted by Gasteiger charge is -2.26. The van der Waals surface area contributed by atoms with Gasteiger partial charge in [0.1, 0.15) is 12.4 Å². The summed E-state index contributed by atoms with van der Waals surface area (Å²) in [5.74, 6) is 0.868. The highest BCUT2D eigenvalue weighted by atomic mass is 32.2. The summed E-state index contributed by atoms with van der Waals surface area (Å²) in [5.41, 5.74) is 4.53. The van der Waals surface area contributed by atoms with Gasteiger partial charge in [0.2, 0.25) is 16.0 Å². The second-order valence-electron chi connectivity index (χ2n) is 8.38. The fourth-order valence-electron chi connectivity index (χ4n) is 4.27. The number of hydrogen-bond acceptors (Lipinski definition) is 8. The Bertz CT molecular complexity index is 1670. The lowest BCUT2D eigenvalue weighted by atomic mass is 10.2. The number of H-pyrrole nitrogens is 1. The Morgan fingerprint density at radius 1 is 1.08 bits per heavy atom. The minimum Gasteiger partial charge on any atom is -0.388 e. The first kappa shape index (κ1) is 22.6. The van der Waals surface area contributed by atoms with Gasteiger partial charge >= 0.3 is 0 Å². The number of morpholine rings is 1. The molecule has 0 unspecified atom stereocenters. The molecule has 0 amide bonds. The maximum atomic E-state index is 13.2. The third-order valence-electron chi connectivity index (χ3n) is 6.07. The summed E-state index contributed by atoms with van der Waals surface area (Å²) in [6, 6.07) is 16.2. The van der Waals surface area contributed by atoms with Gasteiger partial charge < -0.3 is 20.1 Å². The van der Waals surface area contributed by atoms with E-state index >= 15 is 0 Å². The monoisotopic (exact) mass is 505 g/mol. The molecule has 36 heavy (non-hydrogen) atoms. The van der Waals surface area contributed by atoms with Gasteiger partial charge in [0.25, 0.3) is 0 Å². The first-order valence-electron chi connectivity index (χ1n) is 11.4. The van der Waals surface area contributed by atoms with E-state index in [4.69, 9.17) is 4.74 Å². The molecule has 1 saturated heterocycles. The summed E-state index contributed by atoms with van der Waals surface area (Å²) in [5, 5.41) is 17.1. The van der Waals surface area contributed by atoms with Crippen LogP contribution in [-0.2, 0) is 21.4 Å². The van der Waals surface area contributed by atoms with Crippen LogP contribution in [-0.4, -0.2) is 68.7 Å². The predicted octanol–water partition coefficient (Wildman–Crippen LogP) is 2.53. The van der Waals surface area contributed by atoms with Crippen LogP contribution in [0.1, 0.15) is 5.82 Å². The van der Waals surface area contributed by atoms with Crippen LogP contribution in [0, 0.1) is 0 Å². The number of aromatic amines is 1. The SMILES string of the molecule is O=S(=O)(c1cccc(-c2ccc3cnc(Nc4ccc5nc(CO)[nH]c5c4)nn23)c1)N1CCOCC1. The third-order valence-corrected chi connectivity index (χ3v) is 7.97. The molecule has 1 fully saturated rings. The van der Waals surface area contributed by atoms with Crippen molar-refractivity contribution >= 4 is 38.2 Å². The van der Waals surface area contributed by atoms with Crippen molar-refractivity contribution < 1.29 is 18.3 Å². The van der Waals surface area contributed by atoms with E-state index in [0.717, 1.165) is 33.5 Å². The largest absolute Gasteiger partial charge is 0.388 e. The fourth-order valence-corrected chi connectivity index (χ4v) is 5.73. The standard InChI is InChI=1S/C24H23N7O4S/c32-15-23-27-20-6-4-17(13-21(20)28-23)26-24-25-14-18-5-7-22(31(18)29-24)16-2-1-3-19(12-16)36(33,34)30-8-10-35-11-9-30/h1-7,12-14,32H,8-11,15H2,(H,26,29)(H,27,28). The first-order valence-corrected chi connectivity index (χ1v) is 12.8. The molecule has 1 aliphatic heterocycles. The van der Waals surface area contributed by atoms with Gasteiger partial charge in [0.15, 0.2) is 0 Å². The molecule has 184 valence electrons. The Balaban J connectivity index is 1.32. The van der Waals surface area contributed by atoms with Gasteiger partial charge in [0, 0.05) is 24.3 Å². The molecule has 1 aliphatic rings. The average molecular weight is 506 g/mol. The number of fused-ring (bicyclic) bond motifs is 2. The van der Waals surface area contributed by atoms with Gasteiger partial charge in [-0.15, -0.1) is 5.10 Å². The molecule has 0 saturated carbocycles. The van der Waals surface area contributed by atoms with E-state index in [1.807, 2.05) is 36.4 Å². The Hall–Kier alpha value is -3.84. The Morgan fingerprint density at radius 2 is 1.94 bits per heavy atom. The fraction of sp³-hybridized carbons (Fsp3) is 0.208. The van der Waals surface area contributed by atoms with E-state index in [1.54, 1.807) is 28.9 Å². The summed E-state index contributed by atoms with van der Waals surface area (Å²) in [4.78, 5) is 12.0. The van der Waals surface area contributed by atoms with Crippen molar-refractivity contribution in [2.24, 2.45) is 0 Å². The van der Waals surface area contributed by atoms with Crippen LogP contribution in [0.25, 0.3) is 27.8 Å². The molecule has 5 aromatic rings. The minimum absolute atomic E-state index is 0.164. The minimum atomic E-state index is -3.62. The second-order valence-corrected chi connectivity index (χ2v) is 10.3. The Kier molecular flexibility index (Phi) is 5.64. The molecule has 0 radical (unpaired) electrons. The molecule has 0 bridgehead atoms. The zero-order valence-corrected chi connectivity index (χ0v) is 19.9. The third kappa shape index (κ3) is 4.09. The van der Waals surface area contributed by atoms with Gasteiger partial charge in [-0.25, -0.2) is 22.9 Å². The molecule has 2 aromatic carbocycles. The molecule has 12 heteroatoms. The smallest absolute Gasteiger partial charge is 0.245 e. The number of sulfonamides is 1. The summed E-state index contributed by atoms with van der Waals surface area (Å²) in [6.07, 6.45) is 1.70. The molecular formula is C24H23N7O4S. The van der Waals surface area contributed by atoms with Crippen molar-refractivity contribution in [3.8, 4) is 11.3 Å². The number of nitrogens with zero attached hydrogens (tertiary/aromatic N) is 5. The van der Waals surface area contributed by atoms with Crippen LogP contribution in [0.3, 0.4) is 0 Å². The normalized spacial score (nSPS) is 15.0. The number of anilines is 2. The van der Waals surface area contributed by atoms with Crippen molar-refractivity contribution in [2.45, 2.75) is 11.5 Å². The summed E-state index contributed by atoms with van der Waals surface area (Å²) in [6.45, 7) is 1.31. The van der Waals surface area contributed by atoms with Crippen LogP contribution >= 0.6 is 0 Å². The van der Waals surface area contributed by atoms with Crippen molar-refractivity contribution in [1.29, 1.82) is 0 Å². The number of benzene rings is 2. The van der Waals surface area contributed by atoms with Crippen LogP contribution in [0.5, 0.6) is 0 Å². The lowest BCUT2D eigenvalue weighted by Crippen LogP contribution is -2.40. The van der Waals surface area contributed by atoms with E-state index < -0.39 is 10.0 Å². The van der Waals surface area contributed by atoms with Gasteiger partial charge in [-0.1, -0.05) is 12.1 Å². The van der Waals surface area contributed by atoms with E-state index in [1.165, 1.54) is 4.31 Å². The number of rotatable bonds is 6. The van der Waals surface area contributed by atoms with Crippen molar-refractivity contribution in [3.63, 3.8) is 0 Å². The number of aliphatic hydroxyl groups excluding tert-OH is 1. The molecule has 6 rings (SSSR count). The molecule has 0 aliphatic carbocycles. The zero-order valence-electron chi connectivity index (χ0n) is 19.1. The van der Waals surface area contributed by atoms with Crippen molar-refractivity contribution in [1.82, 2.24) is 28.9 Å². The number of nitrogens with one attached hydrogen (secondary N) is 2. The Morgan fingerprint density at radius 3 is 2.78 bits per heavy atom. The highest BCUT2D eigenvalue weighted by molar-refractivity contribution is 7.89. The van der Waals surface area contributed by atoms with Crippen LogP contribution < -0.4 is 5.32 Å². The van der Waals surface area contributed by atoms with E-state index in [0.29, 0.717) is 38.1 Å². The van der Waals surface area contributed by atoms with Gasteiger partial charge in [-0.2, -0.15) is 4.31 Å². The first-order chi connectivity index (χ1) is 17.5. The van der Waals surface area contributed by atoms with E-state index in [-0.39, 0.29) is 11.5 Å². The average Bonchev–Trinajstić information content (AvgIpc) is 3.52. The van der Waals surface area contributed by atoms with Crippen LogP contribution in [0.4, 0.5) is 11.6 Å². The predicted molar refractivity (Wildman–Crippen MR) is 133 cm³/mol. The molecular weight excluding hydrogens is 482 g/mol. The van der Waals surface area contributed by atoms with E-state index in [2.05, 4.69) is 25.4 Å². The number of aromatic nitrogens is 5. The maximum Gasteiger partial charge on any atom is 0.245 e. The molecule has 0 spiro atoms. The summed E-state index contributed by atoms with van der Waals surface area (Å²) >= 11 is 0. The van der Waals surface area contributed by atoms with Crippen LogP contribution in [0.2, 0.25) is 0 Å². The highest BCUT2D eigenvalue weighted by Crippen LogP contribution is 2.27. The van der Waals surface area contributed by atoms with Crippen LogP contribution in [0.15, 0.2) is 65.7 Å². The molecule has 3 aromatic heterocycles. The summed E-state index contributed by atoms with van der Waals surface area (Å²) < 4.78 is 34.8. The molecule has 11 nitrogen and oxygen atoms in total. The number of aliphatic hydroxyl groups is 1. The van der Waals surface area contributed by atoms with Gasteiger partial charge in [-0.05, 0) is 42.5 Å². The second kappa shape index (κ2) is 8.99. The van der Waals surface area contributed by atoms with Gasteiger partial charge in [0.05, 0.1) is 46.6 Å². The summed E-state index contributed by atoms with van der Waals surface area (Å²) in [7, 11) is -3.62. The highest BCUT2D eigenvalue weighted by Gasteiger charge is 2.26. The zero-order chi connectivity index (χ0) is 24.7. The van der Waals surface area contributed by atoms with Crippen molar-refractivity contribution in [3.05, 3.63) is 66.6 Å². The molecule has 0 atom stereocenters. The molecule has 4 heterocycles. The molecule has 3 N–H and O–H groups in total. The topological polar surface area (TPSA) is 138 Å².